The van der Waals surface area contributed by atoms with Crippen LogP contribution in [-0.4, -0.2) is 44.6 Å². The van der Waals surface area contributed by atoms with Gasteiger partial charge in [-0.1, -0.05) is 12.1 Å². The molecular formula is C14H20N3O3+. The predicted octanol–water partition coefficient (Wildman–Crippen LogP) is -0.963. The fraction of sp³-hybridized carbons (Fsp3) is 0.429. The van der Waals surface area contributed by atoms with E-state index in [1.807, 2.05) is 19.1 Å². The molecule has 1 aliphatic rings. The maximum Gasteiger partial charge on any atom is 0.282 e. The normalized spacial score (nSPS) is 19.9. The van der Waals surface area contributed by atoms with Gasteiger partial charge in [-0.15, -0.1) is 0 Å². The first-order chi connectivity index (χ1) is 9.61. The molecule has 1 aromatic carbocycles. The molecule has 1 heterocycles. The topological polar surface area (TPSA) is 71.9 Å². The Morgan fingerprint density at radius 1 is 1.45 bits per heavy atom. The number of para-hydroxylation sites is 2. The third-order valence-corrected chi connectivity index (χ3v) is 3.53. The van der Waals surface area contributed by atoms with Crippen molar-refractivity contribution < 1.29 is 19.2 Å². The highest BCUT2D eigenvalue weighted by Crippen LogP contribution is 2.22. The van der Waals surface area contributed by atoms with Crippen LogP contribution < -0.4 is 20.3 Å². The van der Waals surface area contributed by atoms with Crippen LogP contribution in [0.1, 0.15) is 6.92 Å². The number of hydrogen-bond acceptors (Lipinski definition) is 3. The van der Waals surface area contributed by atoms with Crippen molar-refractivity contribution in [2.75, 3.05) is 32.1 Å². The van der Waals surface area contributed by atoms with Gasteiger partial charge in [-0.25, -0.2) is 0 Å². The Kier molecular flexibility index (Phi) is 4.57. The summed E-state index contributed by atoms with van der Waals surface area (Å²) >= 11 is 0. The number of carbonyl (C=O) groups is 2. The Balaban J connectivity index is 2.02. The van der Waals surface area contributed by atoms with E-state index in [2.05, 4.69) is 10.6 Å². The molecule has 108 valence electrons. The number of carbonyl (C=O) groups excluding carboxylic acids is 2. The minimum atomic E-state index is -0.286. The first-order valence-corrected chi connectivity index (χ1v) is 6.67. The molecule has 2 amide bonds. The van der Waals surface area contributed by atoms with E-state index in [1.54, 1.807) is 19.2 Å². The summed E-state index contributed by atoms with van der Waals surface area (Å²) in [5, 5.41) is 5.62. The molecule has 0 radical (unpaired) electrons. The van der Waals surface area contributed by atoms with Crippen molar-refractivity contribution in [1.82, 2.24) is 5.32 Å². The highest BCUT2D eigenvalue weighted by atomic mass is 16.5. The molecule has 6 nitrogen and oxygen atoms in total. The first kappa shape index (κ1) is 14.3. The number of methoxy groups -OCH3 is 1. The minimum Gasteiger partial charge on any atom is -0.495 e. The molecule has 0 saturated carbocycles. The molecule has 3 N–H and O–H groups in total. The van der Waals surface area contributed by atoms with Gasteiger partial charge in [-0.05, 0) is 19.1 Å². The van der Waals surface area contributed by atoms with Gasteiger partial charge >= 0.3 is 0 Å². The van der Waals surface area contributed by atoms with E-state index in [-0.39, 0.29) is 17.9 Å². The van der Waals surface area contributed by atoms with E-state index in [4.69, 9.17) is 4.74 Å². The molecule has 1 saturated heterocycles. The number of anilines is 1. The molecule has 0 bridgehead atoms. The van der Waals surface area contributed by atoms with Gasteiger partial charge in [0.25, 0.3) is 11.8 Å². The maximum absolute atomic E-state index is 12.3. The Bertz CT molecular complexity index is 504. The van der Waals surface area contributed by atoms with Crippen molar-refractivity contribution in [2.24, 2.45) is 0 Å². The SMILES string of the molecule is COc1ccccc1NC(=O)[C@@H](C)[NH+]1CCNC(=O)C1. The summed E-state index contributed by atoms with van der Waals surface area (Å²) in [5.74, 6) is 0.502. The number of quaternary nitrogens is 1. The van der Waals surface area contributed by atoms with Gasteiger partial charge in [0.05, 0.1) is 25.9 Å². The zero-order chi connectivity index (χ0) is 14.5. The first-order valence-electron chi connectivity index (χ1n) is 6.67. The van der Waals surface area contributed by atoms with Crippen molar-refractivity contribution in [3.05, 3.63) is 24.3 Å². The van der Waals surface area contributed by atoms with Crippen LogP contribution in [-0.2, 0) is 9.59 Å². The van der Waals surface area contributed by atoms with Crippen LogP contribution in [0.25, 0.3) is 0 Å². The number of rotatable bonds is 4. The quantitative estimate of drug-likeness (QED) is 0.664. The van der Waals surface area contributed by atoms with E-state index in [0.29, 0.717) is 24.5 Å². The lowest BCUT2D eigenvalue weighted by atomic mass is 10.2. The van der Waals surface area contributed by atoms with Crippen molar-refractivity contribution in [3.63, 3.8) is 0 Å². The zero-order valence-corrected chi connectivity index (χ0v) is 11.7. The molecule has 2 rings (SSSR count). The smallest absolute Gasteiger partial charge is 0.282 e. The van der Waals surface area contributed by atoms with Crippen molar-refractivity contribution in [2.45, 2.75) is 13.0 Å². The monoisotopic (exact) mass is 278 g/mol. The molecule has 0 aliphatic carbocycles. The van der Waals surface area contributed by atoms with Gasteiger partial charge in [0.2, 0.25) is 0 Å². The summed E-state index contributed by atoms with van der Waals surface area (Å²) in [6.07, 6.45) is 0. The molecule has 1 fully saturated rings. The van der Waals surface area contributed by atoms with Crippen LogP contribution in [0.5, 0.6) is 5.75 Å². The highest BCUT2D eigenvalue weighted by molar-refractivity contribution is 5.95. The van der Waals surface area contributed by atoms with E-state index >= 15 is 0 Å². The fourth-order valence-electron chi connectivity index (χ4n) is 2.26. The van der Waals surface area contributed by atoms with E-state index in [9.17, 15) is 9.59 Å². The van der Waals surface area contributed by atoms with E-state index in [0.717, 1.165) is 11.4 Å². The second-order valence-electron chi connectivity index (χ2n) is 4.85. The summed E-state index contributed by atoms with van der Waals surface area (Å²) in [5.41, 5.74) is 0.646. The number of ether oxygens (including phenoxy) is 1. The number of benzene rings is 1. The van der Waals surface area contributed by atoms with Crippen molar-refractivity contribution >= 4 is 17.5 Å². The average molecular weight is 278 g/mol. The minimum absolute atomic E-state index is 0.0109. The molecule has 1 aliphatic heterocycles. The van der Waals surface area contributed by atoms with Crippen LogP contribution in [0, 0.1) is 0 Å². The zero-order valence-electron chi connectivity index (χ0n) is 11.7. The third-order valence-electron chi connectivity index (χ3n) is 3.53. The van der Waals surface area contributed by atoms with Gasteiger partial charge in [0.15, 0.2) is 12.6 Å². The molecule has 0 spiro atoms. The summed E-state index contributed by atoms with van der Waals surface area (Å²) in [4.78, 5) is 24.6. The number of nitrogens with one attached hydrogen (secondary N) is 3. The summed E-state index contributed by atoms with van der Waals surface area (Å²) < 4.78 is 5.20. The molecule has 0 aromatic heterocycles. The average Bonchev–Trinajstić information content (AvgIpc) is 2.47. The number of piperazine rings is 1. The Labute approximate surface area is 118 Å². The van der Waals surface area contributed by atoms with Crippen LogP contribution in [0.4, 0.5) is 5.69 Å². The van der Waals surface area contributed by atoms with Gasteiger partial charge in [-0.3, -0.25) is 9.59 Å². The van der Waals surface area contributed by atoms with Crippen LogP contribution >= 0.6 is 0 Å². The largest absolute Gasteiger partial charge is 0.495 e. The lowest BCUT2D eigenvalue weighted by Crippen LogP contribution is -3.19. The van der Waals surface area contributed by atoms with Crippen molar-refractivity contribution in [1.29, 1.82) is 0 Å². The highest BCUT2D eigenvalue weighted by Gasteiger charge is 2.30. The molecular weight excluding hydrogens is 258 g/mol. The van der Waals surface area contributed by atoms with Crippen LogP contribution in [0.15, 0.2) is 24.3 Å². The summed E-state index contributed by atoms with van der Waals surface area (Å²) in [6.45, 7) is 3.53. The molecule has 1 unspecified atom stereocenters. The predicted molar refractivity (Wildman–Crippen MR) is 74.8 cm³/mol. The summed E-state index contributed by atoms with van der Waals surface area (Å²) in [6, 6.07) is 6.98. The Morgan fingerprint density at radius 3 is 2.90 bits per heavy atom. The third kappa shape index (κ3) is 3.27. The summed E-state index contributed by atoms with van der Waals surface area (Å²) in [7, 11) is 1.56. The van der Waals surface area contributed by atoms with Gasteiger partial charge < -0.3 is 20.3 Å². The molecule has 20 heavy (non-hydrogen) atoms. The van der Waals surface area contributed by atoms with Gasteiger partial charge in [-0.2, -0.15) is 0 Å². The van der Waals surface area contributed by atoms with Gasteiger partial charge in [0, 0.05) is 0 Å². The number of hydrogen-bond donors (Lipinski definition) is 3. The second-order valence-corrected chi connectivity index (χ2v) is 4.85. The lowest BCUT2D eigenvalue weighted by molar-refractivity contribution is -0.907. The van der Waals surface area contributed by atoms with Crippen LogP contribution in [0.2, 0.25) is 0 Å². The second kappa shape index (κ2) is 6.38. The van der Waals surface area contributed by atoms with Crippen molar-refractivity contribution in [3.8, 4) is 5.75 Å². The molecule has 6 heteroatoms. The Hall–Kier alpha value is -2.08. The maximum atomic E-state index is 12.3. The molecule has 2 atom stereocenters. The lowest BCUT2D eigenvalue weighted by Gasteiger charge is -2.28. The van der Waals surface area contributed by atoms with Gasteiger partial charge in [0.1, 0.15) is 5.75 Å². The van der Waals surface area contributed by atoms with E-state index < -0.39 is 0 Å². The standard InChI is InChI=1S/C14H19N3O3/c1-10(17-8-7-15-13(18)9-17)14(19)16-11-5-3-4-6-12(11)20-2/h3-6,10H,7-9H2,1-2H3,(H,15,18)(H,16,19)/p+1/t10-/m1/s1. The Morgan fingerprint density at radius 2 is 2.20 bits per heavy atom. The number of amides is 2. The van der Waals surface area contributed by atoms with Crippen LogP contribution in [0.3, 0.4) is 0 Å². The molecule has 1 aromatic rings. The fourth-order valence-corrected chi connectivity index (χ4v) is 2.26. The van der Waals surface area contributed by atoms with E-state index in [1.165, 1.54) is 0 Å².